The first kappa shape index (κ1) is 19.2. The van der Waals surface area contributed by atoms with Crippen LogP contribution in [0.3, 0.4) is 0 Å². The molecule has 1 aromatic carbocycles. The molecule has 2 aliphatic rings. The van der Waals surface area contributed by atoms with E-state index in [1.807, 2.05) is 45.0 Å². The summed E-state index contributed by atoms with van der Waals surface area (Å²) in [6.45, 7) is 14.3. The quantitative estimate of drug-likeness (QED) is 0.798. The van der Waals surface area contributed by atoms with E-state index >= 15 is 0 Å². The van der Waals surface area contributed by atoms with Crippen LogP contribution >= 0.6 is 0 Å². The van der Waals surface area contributed by atoms with Crippen molar-refractivity contribution in [3.05, 3.63) is 48.1 Å². The van der Waals surface area contributed by atoms with Gasteiger partial charge in [-0.2, -0.15) is 0 Å². The Bertz CT molecular complexity index is 708. The summed E-state index contributed by atoms with van der Waals surface area (Å²) >= 11 is 0. The molecule has 1 heterocycles. The van der Waals surface area contributed by atoms with Crippen molar-refractivity contribution in [1.82, 2.24) is 0 Å². The van der Waals surface area contributed by atoms with Crippen molar-refractivity contribution in [3.63, 3.8) is 0 Å². The summed E-state index contributed by atoms with van der Waals surface area (Å²) in [6, 6.07) is 5.94. The topological polar surface area (TPSA) is 47.9 Å². The zero-order valence-corrected chi connectivity index (χ0v) is 16.2. The van der Waals surface area contributed by atoms with Crippen molar-refractivity contribution in [2.75, 3.05) is 13.7 Å². The van der Waals surface area contributed by atoms with Crippen molar-refractivity contribution in [2.45, 2.75) is 57.0 Å². The highest BCUT2D eigenvalue weighted by Crippen LogP contribution is 2.54. The number of ether oxygens (including phenoxy) is 3. The van der Waals surface area contributed by atoms with Gasteiger partial charge in [-0.1, -0.05) is 24.3 Å². The van der Waals surface area contributed by atoms with Crippen LogP contribution in [0.15, 0.2) is 36.9 Å². The molecule has 0 aromatic heterocycles. The Labute approximate surface area is 156 Å². The van der Waals surface area contributed by atoms with Gasteiger partial charge in [0.05, 0.1) is 19.8 Å². The Morgan fingerprint density at radius 2 is 2.15 bits per heavy atom. The van der Waals surface area contributed by atoms with Crippen LogP contribution in [-0.2, 0) is 9.47 Å². The van der Waals surface area contributed by atoms with E-state index in [1.54, 1.807) is 7.11 Å². The van der Waals surface area contributed by atoms with Crippen molar-refractivity contribution < 1.29 is 19.3 Å². The largest absolute Gasteiger partial charge is 0.497 e. The number of rotatable bonds is 5. The van der Waals surface area contributed by atoms with Crippen LogP contribution in [0.1, 0.15) is 50.7 Å². The van der Waals surface area contributed by atoms with E-state index in [0.717, 1.165) is 28.9 Å². The predicted molar refractivity (Wildman–Crippen MR) is 103 cm³/mol. The molecule has 0 spiro atoms. The van der Waals surface area contributed by atoms with E-state index in [9.17, 15) is 5.11 Å². The molecule has 4 nitrogen and oxygen atoms in total. The summed E-state index contributed by atoms with van der Waals surface area (Å²) < 4.78 is 17.4. The van der Waals surface area contributed by atoms with Gasteiger partial charge in [0.1, 0.15) is 11.4 Å². The van der Waals surface area contributed by atoms with Gasteiger partial charge in [-0.3, -0.25) is 0 Å². The minimum absolute atomic E-state index is 0.0781. The van der Waals surface area contributed by atoms with E-state index < -0.39 is 11.4 Å². The molecule has 1 aromatic rings. The van der Waals surface area contributed by atoms with Gasteiger partial charge in [-0.25, -0.2) is 0 Å². The minimum Gasteiger partial charge on any atom is -0.497 e. The fraction of sp³-hybridized carbons (Fsp3) is 0.545. The molecule has 142 valence electrons. The monoisotopic (exact) mass is 358 g/mol. The second-order valence-corrected chi connectivity index (χ2v) is 8.12. The molecule has 1 saturated carbocycles. The lowest BCUT2D eigenvalue weighted by Gasteiger charge is -2.44. The first-order chi connectivity index (χ1) is 12.2. The molecule has 0 unspecified atom stereocenters. The van der Waals surface area contributed by atoms with E-state index in [0.29, 0.717) is 13.0 Å². The van der Waals surface area contributed by atoms with Gasteiger partial charge in [0.15, 0.2) is 5.79 Å². The van der Waals surface area contributed by atoms with Gasteiger partial charge in [0.25, 0.3) is 0 Å². The number of methoxy groups -OCH3 is 1. The lowest BCUT2D eigenvalue weighted by molar-refractivity contribution is -0.311. The molecule has 1 aliphatic heterocycles. The third-order valence-corrected chi connectivity index (χ3v) is 5.59. The van der Waals surface area contributed by atoms with Crippen LogP contribution in [0.4, 0.5) is 0 Å². The lowest BCUT2D eigenvalue weighted by atomic mass is 9.78. The van der Waals surface area contributed by atoms with Crippen molar-refractivity contribution in [2.24, 2.45) is 5.92 Å². The molecule has 0 radical (unpaired) electrons. The average Bonchev–Trinajstić information content (AvgIpc) is 2.84. The fourth-order valence-corrected chi connectivity index (χ4v) is 4.52. The number of hydrogen-bond donors (Lipinski definition) is 1. The molecule has 26 heavy (non-hydrogen) atoms. The van der Waals surface area contributed by atoms with Gasteiger partial charge >= 0.3 is 0 Å². The highest BCUT2D eigenvalue weighted by molar-refractivity contribution is 5.57. The SMILES string of the molecule is C=Cc1cc(OC)ccc1[C@H]1C[C@H]2COC(C)(C)O[C@H]2[C@]1(O)CC(=C)C. The second kappa shape index (κ2) is 6.84. The van der Waals surface area contributed by atoms with Crippen LogP contribution in [0.5, 0.6) is 5.75 Å². The molecule has 3 rings (SSSR count). The number of fused-ring (bicyclic) bond motifs is 1. The van der Waals surface area contributed by atoms with Crippen LogP contribution < -0.4 is 4.74 Å². The van der Waals surface area contributed by atoms with Crippen LogP contribution in [-0.4, -0.2) is 36.3 Å². The predicted octanol–water partition coefficient (Wildman–Crippen LogP) is 4.29. The van der Waals surface area contributed by atoms with Gasteiger partial charge in [-0.15, -0.1) is 6.58 Å². The van der Waals surface area contributed by atoms with E-state index in [2.05, 4.69) is 13.2 Å². The standard InChI is InChI=1S/C22H30O4/c1-7-15-10-17(24-6)8-9-18(15)19-11-16-13-25-21(4,5)26-20(16)22(19,23)12-14(2)3/h7-10,16,19-20,23H,1-2,11-13H2,3-6H3/t16-,19+,20+,22-/m0/s1. The molecule has 1 aliphatic carbocycles. The van der Waals surface area contributed by atoms with Crippen molar-refractivity contribution in [3.8, 4) is 5.75 Å². The maximum Gasteiger partial charge on any atom is 0.163 e. The Hall–Kier alpha value is -1.62. The third kappa shape index (κ3) is 3.34. The molecular weight excluding hydrogens is 328 g/mol. The number of hydrogen-bond acceptors (Lipinski definition) is 4. The van der Waals surface area contributed by atoms with Gasteiger partial charge in [0.2, 0.25) is 0 Å². The van der Waals surface area contributed by atoms with Crippen LogP contribution in [0, 0.1) is 5.92 Å². The molecule has 0 amide bonds. The Morgan fingerprint density at radius 1 is 1.42 bits per heavy atom. The van der Waals surface area contributed by atoms with Gasteiger partial charge in [-0.05, 0) is 56.9 Å². The molecule has 1 saturated heterocycles. The highest BCUT2D eigenvalue weighted by atomic mass is 16.7. The molecule has 4 atom stereocenters. The van der Waals surface area contributed by atoms with Crippen LogP contribution in [0.25, 0.3) is 6.08 Å². The number of aliphatic hydroxyl groups is 1. The van der Waals surface area contributed by atoms with Gasteiger partial charge < -0.3 is 19.3 Å². The van der Waals surface area contributed by atoms with Crippen molar-refractivity contribution >= 4 is 6.08 Å². The lowest BCUT2D eigenvalue weighted by Crippen LogP contribution is -2.53. The first-order valence-corrected chi connectivity index (χ1v) is 9.19. The maximum atomic E-state index is 11.8. The third-order valence-electron chi connectivity index (χ3n) is 5.59. The molecule has 0 bridgehead atoms. The normalized spacial score (nSPS) is 32.7. The highest BCUT2D eigenvalue weighted by Gasteiger charge is 2.58. The summed E-state index contributed by atoms with van der Waals surface area (Å²) in [6.07, 6.45) is 2.84. The summed E-state index contributed by atoms with van der Waals surface area (Å²) in [5, 5.41) is 11.8. The molecule has 2 fully saturated rings. The number of benzene rings is 1. The van der Waals surface area contributed by atoms with Crippen molar-refractivity contribution in [1.29, 1.82) is 0 Å². The second-order valence-electron chi connectivity index (χ2n) is 8.12. The maximum absolute atomic E-state index is 11.8. The smallest absolute Gasteiger partial charge is 0.163 e. The summed E-state index contributed by atoms with van der Waals surface area (Å²) in [7, 11) is 1.65. The first-order valence-electron chi connectivity index (χ1n) is 9.19. The van der Waals surface area contributed by atoms with E-state index in [-0.39, 0.29) is 17.9 Å². The average molecular weight is 358 g/mol. The Morgan fingerprint density at radius 3 is 2.77 bits per heavy atom. The Kier molecular flexibility index (Phi) is 5.04. The van der Waals surface area contributed by atoms with Crippen LogP contribution in [0.2, 0.25) is 0 Å². The summed E-state index contributed by atoms with van der Waals surface area (Å²) in [5.41, 5.74) is 1.97. The van der Waals surface area contributed by atoms with Gasteiger partial charge in [0, 0.05) is 11.8 Å². The summed E-state index contributed by atoms with van der Waals surface area (Å²) in [4.78, 5) is 0. The molecule has 4 heteroatoms. The zero-order chi connectivity index (χ0) is 19.1. The summed E-state index contributed by atoms with van der Waals surface area (Å²) in [5.74, 6) is 0.159. The Balaban J connectivity index is 2.05. The molecule has 1 N–H and O–H groups in total. The molecular formula is C22H30O4. The zero-order valence-electron chi connectivity index (χ0n) is 16.2. The fourth-order valence-electron chi connectivity index (χ4n) is 4.52. The minimum atomic E-state index is -1.02. The van der Waals surface area contributed by atoms with E-state index in [4.69, 9.17) is 14.2 Å². The van der Waals surface area contributed by atoms with E-state index in [1.165, 1.54) is 0 Å².